The lowest BCUT2D eigenvalue weighted by Crippen LogP contribution is -2.50. The molecular weight excluding hydrogens is 507 g/mol. The molecule has 9 heteroatoms. The number of hydrogen-bond acceptors (Lipinski definition) is 5. The van der Waals surface area contributed by atoms with Gasteiger partial charge in [0.05, 0.1) is 19.7 Å². The Hall–Kier alpha value is -1.62. The molecule has 0 unspecified atom stereocenters. The first-order chi connectivity index (χ1) is 14.6. The molecule has 0 spiro atoms. The monoisotopic (exact) mass is 546 g/mol. The van der Waals surface area contributed by atoms with Crippen LogP contribution >= 0.6 is 24.0 Å². The van der Waals surface area contributed by atoms with E-state index in [4.69, 9.17) is 9.73 Å². The number of aliphatic imine (C=N–C) groups is 1. The van der Waals surface area contributed by atoms with Gasteiger partial charge >= 0.3 is 0 Å². The fourth-order valence-electron chi connectivity index (χ4n) is 3.24. The number of carbonyl (C=O) groups excluding carboxylic acids is 1. The van der Waals surface area contributed by atoms with Gasteiger partial charge in [-0.3, -0.25) is 9.69 Å². The van der Waals surface area contributed by atoms with Gasteiger partial charge in [0.1, 0.15) is 0 Å². The van der Waals surface area contributed by atoms with Crippen LogP contribution in [0.3, 0.4) is 0 Å². The molecule has 0 saturated carbocycles. The minimum atomic E-state index is 0. The number of nitrogens with one attached hydrogen (secondary N) is 3. The highest BCUT2D eigenvalue weighted by atomic mass is 127. The molecule has 1 fully saturated rings. The molecule has 8 nitrogen and oxygen atoms in total. The second-order valence-corrected chi connectivity index (χ2v) is 7.59. The molecule has 1 aliphatic heterocycles. The van der Waals surface area contributed by atoms with Crippen LogP contribution in [0.2, 0.25) is 0 Å². The van der Waals surface area contributed by atoms with Crippen LogP contribution in [0.5, 0.6) is 5.88 Å². The predicted molar refractivity (Wildman–Crippen MR) is 136 cm³/mol. The summed E-state index contributed by atoms with van der Waals surface area (Å²) < 4.78 is 5.53. The number of likely N-dealkylation sites (tertiary alicyclic amines) is 1. The predicted octanol–water partition coefficient (Wildman–Crippen LogP) is 2.53. The van der Waals surface area contributed by atoms with E-state index in [1.165, 1.54) is 0 Å². The SMILES string of the molecule is CCCNC(=O)CN1CCC(NC(=NCc2ccc(OCCC)nc2)NCC)CC1.I. The summed E-state index contributed by atoms with van der Waals surface area (Å²) in [6, 6.07) is 4.26. The van der Waals surface area contributed by atoms with E-state index in [2.05, 4.69) is 46.6 Å². The molecule has 0 bridgehead atoms. The van der Waals surface area contributed by atoms with E-state index >= 15 is 0 Å². The fraction of sp³-hybridized carbons (Fsp3) is 0.682. The first kappa shape index (κ1) is 27.4. The summed E-state index contributed by atoms with van der Waals surface area (Å²) in [5.41, 5.74) is 1.05. The smallest absolute Gasteiger partial charge is 0.234 e. The van der Waals surface area contributed by atoms with Crippen LogP contribution in [-0.2, 0) is 11.3 Å². The van der Waals surface area contributed by atoms with Crippen molar-refractivity contribution in [2.75, 3.05) is 39.3 Å². The van der Waals surface area contributed by atoms with Crippen molar-refractivity contribution < 1.29 is 9.53 Å². The van der Waals surface area contributed by atoms with Crippen molar-refractivity contribution in [3.63, 3.8) is 0 Å². The van der Waals surface area contributed by atoms with Gasteiger partial charge in [0, 0.05) is 44.5 Å². The number of carbonyl (C=O) groups is 1. The van der Waals surface area contributed by atoms with Gasteiger partial charge in [-0.15, -0.1) is 24.0 Å². The lowest BCUT2D eigenvalue weighted by atomic mass is 10.1. The Morgan fingerprint density at radius 1 is 1.19 bits per heavy atom. The molecule has 0 radical (unpaired) electrons. The van der Waals surface area contributed by atoms with Crippen LogP contribution in [0, 0.1) is 0 Å². The zero-order chi connectivity index (χ0) is 21.6. The number of hydrogen-bond donors (Lipinski definition) is 3. The molecule has 1 aliphatic rings. The largest absolute Gasteiger partial charge is 0.478 e. The Morgan fingerprint density at radius 3 is 2.58 bits per heavy atom. The zero-order valence-electron chi connectivity index (χ0n) is 19.2. The van der Waals surface area contributed by atoms with Crippen molar-refractivity contribution in [2.24, 2.45) is 4.99 Å². The van der Waals surface area contributed by atoms with Crippen molar-refractivity contribution in [3.8, 4) is 5.88 Å². The summed E-state index contributed by atoms with van der Waals surface area (Å²) in [4.78, 5) is 23.2. The summed E-state index contributed by atoms with van der Waals surface area (Å²) in [5, 5.41) is 9.81. The van der Waals surface area contributed by atoms with E-state index in [1.807, 2.05) is 18.3 Å². The molecule has 1 saturated heterocycles. The summed E-state index contributed by atoms with van der Waals surface area (Å²) in [7, 11) is 0. The van der Waals surface area contributed by atoms with Crippen LogP contribution in [-0.4, -0.2) is 67.1 Å². The average Bonchev–Trinajstić information content (AvgIpc) is 2.77. The van der Waals surface area contributed by atoms with E-state index in [0.717, 1.165) is 63.4 Å². The molecule has 2 rings (SSSR count). The average molecular weight is 546 g/mol. The third-order valence-corrected chi connectivity index (χ3v) is 4.88. The lowest BCUT2D eigenvalue weighted by Gasteiger charge is -2.32. The van der Waals surface area contributed by atoms with E-state index in [-0.39, 0.29) is 29.9 Å². The van der Waals surface area contributed by atoms with E-state index in [0.29, 0.717) is 31.6 Å². The van der Waals surface area contributed by atoms with Gasteiger partial charge in [0.2, 0.25) is 11.8 Å². The Labute approximate surface area is 204 Å². The van der Waals surface area contributed by atoms with E-state index in [1.54, 1.807) is 0 Å². The number of rotatable bonds is 11. The fourth-order valence-corrected chi connectivity index (χ4v) is 3.24. The van der Waals surface area contributed by atoms with Crippen molar-refractivity contribution in [3.05, 3.63) is 23.9 Å². The maximum absolute atomic E-state index is 11.9. The first-order valence-electron chi connectivity index (χ1n) is 11.3. The molecule has 0 aliphatic carbocycles. The second kappa shape index (κ2) is 16.1. The minimum absolute atomic E-state index is 0. The summed E-state index contributed by atoms with van der Waals surface area (Å²) in [6.45, 7) is 11.3. The van der Waals surface area contributed by atoms with E-state index < -0.39 is 0 Å². The number of piperidine rings is 1. The number of ether oxygens (including phenoxy) is 1. The second-order valence-electron chi connectivity index (χ2n) is 7.59. The van der Waals surface area contributed by atoms with Crippen LogP contribution in [0.25, 0.3) is 0 Å². The number of amides is 1. The standard InChI is InChI=1S/C22H38N6O2.HI/c1-4-11-24-20(29)17-28-12-9-19(10-13-28)27-22(23-6-3)26-16-18-7-8-21(25-15-18)30-14-5-2;/h7-8,15,19H,4-6,9-14,16-17H2,1-3H3,(H,24,29)(H2,23,26,27);1H. The normalized spacial score (nSPS) is 15.1. The molecule has 176 valence electrons. The van der Waals surface area contributed by atoms with Gasteiger partial charge in [-0.1, -0.05) is 19.9 Å². The third-order valence-electron chi connectivity index (χ3n) is 4.88. The molecule has 0 atom stereocenters. The highest BCUT2D eigenvalue weighted by molar-refractivity contribution is 14.0. The topological polar surface area (TPSA) is 90.9 Å². The van der Waals surface area contributed by atoms with Crippen molar-refractivity contribution in [1.29, 1.82) is 0 Å². The van der Waals surface area contributed by atoms with Gasteiger partial charge < -0.3 is 20.7 Å². The van der Waals surface area contributed by atoms with Gasteiger partial charge in [0.25, 0.3) is 0 Å². The van der Waals surface area contributed by atoms with Gasteiger partial charge in [-0.05, 0) is 38.2 Å². The number of pyridine rings is 1. The van der Waals surface area contributed by atoms with Crippen LogP contribution in [0.1, 0.15) is 52.0 Å². The summed E-state index contributed by atoms with van der Waals surface area (Å²) in [6.07, 6.45) is 5.75. The summed E-state index contributed by atoms with van der Waals surface area (Å²) >= 11 is 0. The Bertz CT molecular complexity index is 648. The molecular formula is C22H39IN6O2. The molecule has 3 N–H and O–H groups in total. The number of guanidine groups is 1. The highest BCUT2D eigenvalue weighted by Crippen LogP contribution is 2.11. The van der Waals surface area contributed by atoms with Crippen LogP contribution in [0.15, 0.2) is 23.3 Å². The maximum Gasteiger partial charge on any atom is 0.234 e. The van der Waals surface area contributed by atoms with Crippen LogP contribution in [0.4, 0.5) is 0 Å². The van der Waals surface area contributed by atoms with Gasteiger partial charge in [-0.25, -0.2) is 9.98 Å². The molecule has 2 heterocycles. The number of nitrogens with zero attached hydrogens (tertiary/aromatic N) is 3. The Balaban J connectivity index is 0.00000480. The van der Waals surface area contributed by atoms with Crippen molar-refractivity contribution in [2.45, 2.75) is 59.0 Å². The maximum atomic E-state index is 11.9. The molecule has 0 aromatic carbocycles. The van der Waals surface area contributed by atoms with Gasteiger partial charge in [0.15, 0.2) is 5.96 Å². The molecule has 1 aromatic rings. The van der Waals surface area contributed by atoms with Crippen molar-refractivity contribution >= 4 is 35.8 Å². The van der Waals surface area contributed by atoms with E-state index in [9.17, 15) is 4.79 Å². The summed E-state index contributed by atoms with van der Waals surface area (Å²) in [5.74, 6) is 1.60. The third kappa shape index (κ3) is 11.0. The number of halogens is 1. The highest BCUT2D eigenvalue weighted by Gasteiger charge is 2.21. The first-order valence-corrected chi connectivity index (χ1v) is 11.3. The zero-order valence-corrected chi connectivity index (χ0v) is 21.5. The Kier molecular flexibility index (Phi) is 14.2. The quantitative estimate of drug-likeness (QED) is 0.225. The van der Waals surface area contributed by atoms with Crippen molar-refractivity contribution in [1.82, 2.24) is 25.8 Å². The van der Waals surface area contributed by atoms with Gasteiger partial charge in [-0.2, -0.15) is 0 Å². The molecule has 1 aromatic heterocycles. The number of aromatic nitrogens is 1. The lowest BCUT2D eigenvalue weighted by molar-refractivity contribution is -0.122. The van der Waals surface area contributed by atoms with Crippen LogP contribution < -0.4 is 20.7 Å². The minimum Gasteiger partial charge on any atom is -0.478 e. The molecule has 1 amide bonds. The Morgan fingerprint density at radius 2 is 1.97 bits per heavy atom. The molecule has 31 heavy (non-hydrogen) atoms.